The van der Waals surface area contributed by atoms with Crippen LogP contribution in [-0.4, -0.2) is 55.1 Å². The molecule has 0 unspecified atom stereocenters. The quantitative estimate of drug-likeness (QED) is 0.196. The summed E-state index contributed by atoms with van der Waals surface area (Å²) in [6.45, 7) is 3.25. The van der Waals surface area contributed by atoms with Gasteiger partial charge in [0.05, 0.1) is 11.4 Å². The van der Waals surface area contributed by atoms with Crippen molar-refractivity contribution in [2.24, 2.45) is 0 Å². The van der Waals surface area contributed by atoms with Crippen molar-refractivity contribution < 1.29 is 18.0 Å². The molecule has 0 saturated carbocycles. The summed E-state index contributed by atoms with van der Waals surface area (Å²) in [5.41, 5.74) is 1.31. The number of halogens is 2. The molecule has 2 atom stereocenters. The Morgan fingerprint density at radius 1 is 0.860 bits per heavy atom. The minimum atomic E-state index is -4.04. The van der Waals surface area contributed by atoms with Crippen LogP contribution in [0, 0.1) is 0 Å². The second-order valence-corrected chi connectivity index (χ2v) is 13.4. The summed E-state index contributed by atoms with van der Waals surface area (Å²) < 4.78 is 28.2. The molecule has 0 aromatic heterocycles. The van der Waals surface area contributed by atoms with Gasteiger partial charge in [0.1, 0.15) is 6.04 Å². The fourth-order valence-corrected chi connectivity index (χ4v) is 6.40. The summed E-state index contributed by atoms with van der Waals surface area (Å²) in [5, 5.41) is 5.34. The zero-order chi connectivity index (χ0) is 31.1. The lowest BCUT2D eigenvalue weighted by Crippen LogP contribution is -2.54. The van der Waals surface area contributed by atoms with Crippen molar-refractivity contribution >= 4 is 55.8 Å². The highest BCUT2D eigenvalue weighted by atomic mass is 35.5. The third-order valence-corrected chi connectivity index (χ3v) is 9.96. The second kappa shape index (κ2) is 14.4. The summed E-state index contributed by atoms with van der Waals surface area (Å²) in [4.78, 5) is 29.3. The fourth-order valence-electron chi connectivity index (χ4n) is 4.72. The number of fused-ring (bicyclic) bond motifs is 1. The maximum Gasteiger partial charge on any atom is 0.243 e. The Labute approximate surface area is 263 Å². The van der Waals surface area contributed by atoms with E-state index in [-0.39, 0.29) is 29.8 Å². The van der Waals surface area contributed by atoms with Gasteiger partial charge >= 0.3 is 0 Å². The van der Waals surface area contributed by atoms with Crippen molar-refractivity contribution in [1.82, 2.24) is 14.5 Å². The molecular formula is C33H35Cl2N3O4S. The molecule has 0 bridgehead atoms. The smallest absolute Gasteiger partial charge is 0.243 e. The van der Waals surface area contributed by atoms with Crippen LogP contribution < -0.4 is 5.32 Å². The molecule has 2 amide bonds. The summed E-state index contributed by atoms with van der Waals surface area (Å²) in [6.07, 6.45) is 0.902. The number of benzene rings is 4. The van der Waals surface area contributed by atoms with Gasteiger partial charge in [-0.05, 0) is 53.9 Å². The highest BCUT2D eigenvalue weighted by molar-refractivity contribution is 7.89. The van der Waals surface area contributed by atoms with Gasteiger partial charge in [-0.2, -0.15) is 4.31 Å². The molecule has 4 rings (SSSR count). The highest BCUT2D eigenvalue weighted by Gasteiger charge is 2.34. The van der Waals surface area contributed by atoms with Crippen molar-refractivity contribution in [2.75, 3.05) is 13.6 Å². The Bertz CT molecular complexity index is 1680. The van der Waals surface area contributed by atoms with Crippen LogP contribution in [0.3, 0.4) is 0 Å². The average molecular weight is 641 g/mol. The zero-order valence-corrected chi connectivity index (χ0v) is 26.7. The fraction of sp³-hybridized carbons (Fsp3) is 0.273. The van der Waals surface area contributed by atoms with E-state index in [9.17, 15) is 18.0 Å². The van der Waals surface area contributed by atoms with Crippen LogP contribution in [0.4, 0.5) is 0 Å². The van der Waals surface area contributed by atoms with Gasteiger partial charge in [0, 0.05) is 41.7 Å². The Balaban J connectivity index is 1.71. The van der Waals surface area contributed by atoms with Crippen LogP contribution >= 0.6 is 23.2 Å². The van der Waals surface area contributed by atoms with E-state index >= 15 is 0 Å². The van der Waals surface area contributed by atoms with Gasteiger partial charge in [0.2, 0.25) is 21.8 Å². The van der Waals surface area contributed by atoms with E-state index in [1.165, 1.54) is 18.0 Å². The molecular weight excluding hydrogens is 605 g/mol. The molecule has 0 aliphatic heterocycles. The van der Waals surface area contributed by atoms with Crippen molar-refractivity contribution in [3.63, 3.8) is 0 Å². The highest BCUT2D eigenvalue weighted by Crippen LogP contribution is 2.28. The van der Waals surface area contributed by atoms with Crippen LogP contribution in [0.2, 0.25) is 10.0 Å². The van der Waals surface area contributed by atoms with Gasteiger partial charge in [-0.15, -0.1) is 0 Å². The predicted molar refractivity (Wildman–Crippen MR) is 173 cm³/mol. The number of hydrogen-bond acceptors (Lipinski definition) is 4. The Hall–Kier alpha value is -3.43. The first kappa shape index (κ1) is 32.5. The first-order chi connectivity index (χ1) is 20.5. The van der Waals surface area contributed by atoms with E-state index < -0.39 is 28.5 Å². The van der Waals surface area contributed by atoms with E-state index in [1.54, 1.807) is 30.3 Å². The minimum Gasteiger partial charge on any atom is -0.352 e. The molecule has 0 heterocycles. The van der Waals surface area contributed by atoms with Gasteiger partial charge in [-0.25, -0.2) is 8.42 Å². The maximum absolute atomic E-state index is 14.1. The minimum absolute atomic E-state index is 0.0672. The molecule has 0 aliphatic rings. The van der Waals surface area contributed by atoms with E-state index in [0.717, 1.165) is 20.6 Å². The number of rotatable bonds is 12. The Kier molecular flexibility index (Phi) is 10.8. The van der Waals surface area contributed by atoms with Crippen molar-refractivity contribution in [3.05, 3.63) is 112 Å². The molecule has 0 fully saturated rings. The number of amides is 2. The average Bonchev–Trinajstić information content (AvgIpc) is 3.00. The lowest BCUT2D eigenvalue weighted by atomic mass is 10.0. The summed E-state index contributed by atoms with van der Waals surface area (Å²) >= 11 is 13.0. The third kappa shape index (κ3) is 7.95. The van der Waals surface area contributed by atoms with Gasteiger partial charge < -0.3 is 10.2 Å². The number of sulfonamides is 1. The lowest BCUT2D eigenvalue weighted by Gasteiger charge is -2.33. The van der Waals surface area contributed by atoms with Gasteiger partial charge in [0.15, 0.2) is 0 Å². The monoisotopic (exact) mass is 639 g/mol. The van der Waals surface area contributed by atoms with Gasteiger partial charge in [-0.1, -0.05) is 96.9 Å². The number of carbonyl (C=O) groups excluding carboxylic acids is 2. The Morgan fingerprint density at radius 2 is 1.49 bits per heavy atom. The Morgan fingerprint density at radius 3 is 2.14 bits per heavy atom. The van der Waals surface area contributed by atoms with Crippen LogP contribution in [0.15, 0.2) is 95.9 Å². The van der Waals surface area contributed by atoms with Crippen molar-refractivity contribution in [3.8, 4) is 0 Å². The first-order valence-electron chi connectivity index (χ1n) is 14.0. The normalized spacial score (nSPS) is 13.1. The predicted octanol–water partition coefficient (Wildman–Crippen LogP) is 6.32. The summed E-state index contributed by atoms with van der Waals surface area (Å²) in [6, 6.07) is 25.6. The van der Waals surface area contributed by atoms with Gasteiger partial charge in [-0.3, -0.25) is 9.59 Å². The number of nitrogens with one attached hydrogen (secondary N) is 1. The molecule has 0 spiro atoms. The second-order valence-electron chi connectivity index (χ2n) is 10.5. The number of likely N-dealkylation sites (N-methyl/N-ethyl adjacent to an activating group) is 1. The van der Waals surface area contributed by atoms with Crippen LogP contribution in [-0.2, 0) is 32.6 Å². The van der Waals surface area contributed by atoms with Crippen molar-refractivity contribution in [1.29, 1.82) is 0 Å². The number of hydrogen-bond donors (Lipinski definition) is 1. The van der Waals surface area contributed by atoms with E-state index in [0.29, 0.717) is 22.0 Å². The number of carbonyl (C=O) groups is 2. The zero-order valence-electron chi connectivity index (χ0n) is 24.3. The standard InChI is InChI=1S/C33H35Cl2N3O4S/c1-4-23(2)36-33(40)31(19-24-11-6-5-7-12-24)38(21-28-29(34)15-10-16-30(28)35)32(39)22-37(3)43(41,42)27-18-17-25-13-8-9-14-26(25)20-27/h5-18,20,23,31H,4,19,21-22H2,1-3H3,(H,36,40)/t23-,31+/m0/s1. The topological polar surface area (TPSA) is 86.8 Å². The molecule has 43 heavy (non-hydrogen) atoms. The molecule has 4 aromatic carbocycles. The van der Waals surface area contributed by atoms with Crippen LogP contribution in [0.5, 0.6) is 0 Å². The molecule has 0 aliphatic carbocycles. The molecule has 226 valence electrons. The third-order valence-electron chi connectivity index (χ3n) is 7.45. The number of nitrogens with zero attached hydrogens (tertiary/aromatic N) is 2. The van der Waals surface area contributed by atoms with E-state index in [1.807, 2.05) is 68.4 Å². The van der Waals surface area contributed by atoms with E-state index in [2.05, 4.69) is 5.32 Å². The van der Waals surface area contributed by atoms with E-state index in [4.69, 9.17) is 23.2 Å². The maximum atomic E-state index is 14.1. The van der Waals surface area contributed by atoms with Crippen LogP contribution in [0.25, 0.3) is 10.8 Å². The summed E-state index contributed by atoms with van der Waals surface area (Å²) in [7, 11) is -2.69. The van der Waals surface area contributed by atoms with Gasteiger partial charge in [0.25, 0.3) is 0 Å². The molecule has 0 saturated heterocycles. The largest absolute Gasteiger partial charge is 0.352 e. The molecule has 7 nitrogen and oxygen atoms in total. The lowest BCUT2D eigenvalue weighted by molar-refractivity contribution is -0.141. The van der Waals surface area contributed by atoms with Crippen LogP contribution in [0.1, 0.15) is 31.4 Å². The molecule has 4 aromatic rings. The van der Waals surface area contributed by atoms with Crippen molar-refractivity contribution in [2.45, 2.75) is 50.2 Å². The first-order valence-corrected chi connectivity index (χ1v) is 16.2. The SMILES string of the molecule is CC[C@H](C)NC(=O)[C@@H](Cc1ccccc1)N(Cc1c(Cl)cccc1Cl)C(=O)CN(C)S(=O)(=O)c1ccc2ccccc2c1. The summed E-state index contributed by atoms with van der Waals surface area (Å²) in [5.74, 6) is -0.919. The molecule has 1 N–H and O–H groups in total. The molecule has 0 radical (unpaired) electrons. The molecule has 10 heteroatoms.